The molecule has 1 heterocycles. The molecule has 66 valence electrons. The Morgan fingerprint density at radius 1 is 1.15 bits per heavy atom. The number of benzene rings is 1. The van der Waals surface area contributed by atoms with E-state index in [2.05, 4.69) is 9.97 Å². The second-order valence-electron chi connectivity index (χ2n) is 2.99. The molecule has 0 bridgehead atoms. The van der Waals surface area contributed by atoms with Crippen molar-refractivity contribution >= 4 is 10.9 Å². The van der Waals surface area contributed by atoms with Crippen LogP contribution in [0, 0.1) is 19.7 Å². The summed E-state index contributed by atoms with van der Waals surface area (Å²) < 4.78 is 13.3. The van der Waals surface area contributed by atoms with E-state index in [1.165, 1.54) is 6.07 Å². The minimum atomic E-state index is -0.286. The minimum absolute atomic E-state index is 0.286. The average molecular weight is 176 g/mol. The van der Waals surface area contributed by atoms with Gasteiger partial charge in [0.1, 0.15) is 17.2 Å². The largest absolute Gasteiger partial charge is 0.238 e. The van der Waals surface area contributed by atoms with E-state index in [0.717, 1.165) is 11.1 Å². The van der Waals surface area contributed by atoms with Crippen LogP contribution < -0.4 is 0 Å². The number of halogens is 1. The molecule has 0 aliphatic carbocycles. The first-order valence-electron chi connectivity index (χ1n) is 4.08. The number of rotatable bonds is 0. The Morgan fingerprint density at radius 2 is 1.92 bits per heavy atom. The molecule has 0 unspecified atom stereocenters. The molecule has 0 radical (unpaired) electrons. The predicted molar refractivity (Wildman–Crippen MR) is 49.0 cm³/mol. The molecular formula is C10H9FN2. The fourth-order valence-corrected chi connectivity index (χ4v) is 1.41. The van der Waals surface area contributed by atoms with Gasteiger partial charge in [0.15, 0.2) is 0 Å². The monoisotopic (exact) mass is 176 g/mol. The summed E-state index contributed by atoms with van der Waals surface area (Å²) in [6.07, 6.45) is 0. The second kappa shape index (κ2) is 2.76. The molecule has 1 aromatic carbocycles. The number of hydrogen-bond donors (Lipinski definition) is 0. The van der Waals surface area contributed by atoms with Gasteiger partial charge in [0.25, 0.3) is 0 Å². The lowest BCUT2D eigenvalue weighted by molar-refractivity contribution is 0.636. The van der Waals surface area contributed by atoms with Gasteiger partial charge in [-0.2, -0.15) is 0 Å². The highest BCUT2D eigenvalue weighted by atomic mass is 19.1. The Balaban J connectivity index is 2.94. The summed E-state index contributed by atoms with van der Waals surface area (Å²) in [6.45, 7) is 3.62. The Hall–Kier alpha value is -1.51. The Bertz CT molecular complexity index is 466. The van der Waals surface area contributed by atoms with Crippen LogP contribution in [0.3, 0.4) is 0 Å². The van der Waals surface area contributed by atoms with Gasteiger partial charge in [-0.3, -0.25) is 0 Å². The van der Waals surface area contributed by atoms with Crippen molar-refractivity contribution in [3.05, 3.63) is 35.5 Å². The maximum Gasteiger partial charge on any atom is 0.149 e. The van der Waals surface area contributed by atoms with Crippen molar-refractivity contribution < 1.29 is 4.39 Å². The van der Waals surface area contributed by atoms with Crippen LogP contribution in [0.2, 0.25) is 0 Å². The maximum absolute atomic E-state index is 13.3. The zero-order valence-corrected chi connectivity index (χ0v) is 7.50. The van der Waals surface area contributed by atoms with Crippen LogP contribution in [0.15, 0.2) is 18.2 Å². The summed E-state index contributed by atoms with van der Waals surface area (Å²) >= 11 is 0. The lowest BCUT2D eigenvalue weighted by Crippen LogP contribution is -1.94. The number of nitrogens with zero attached hydrogens (tertiary/aromatic N) is 2. The highest BCUT2D eigenvalue weighted by Gasteiger charge is 2.05. The Morgan fingerprint density at radius 3 is 2.69 bits per heavy atom. The van der Waals surface area contributed by atoms with Crippen molar-refractivity contribution in [3.8, 4) is 0 Å². The van der Waals surface area contributed by atoms with E-state index in [1.54, 1.807) is 13.0 Å². The summed E-state index contributed by atoms with van der Waals surface area (Å²) in [7, 11) is 0. The first-order chi connectivity index (χ1) is 6.18. The van der Waals surface area contributed by atoms with Gasteiger partial charge in [0, 0.05) is 11.1 Å². The predicted octanol–water partition coefficient (Wildman–Crippen LogP) is 2.39. The molecular weight excluding hydrogens is 167 g/mol. The average Bonchev–Trinajstić information content (AvgIpc) is 2.07. The number of fused-ring (bicyclic) bond motifs is 1. The molecule has 13 heavy (non-hydrogen) atoms. The van der Waals surface area contributed by atoms with Gasteiger partial charge < -0.3 is 0 Å². The third-order valence-corrected chi connectivity index (χ3v) is 1.98. The van der Waals surface area contributed by atoms with Crippen LogP contribution in [0.5, 0.6) is 0 Å². The minimum Gasteiger partial charge on any atom is -0.238 e. The molecule has 0 saturated heterocycles. The fraction of sp³-hybridized carbons (Fsp3) is 0.200. The van der Waals surface area contributed by atoms with E-state index >= 15 is 0 Å². The van der Waals surface area contributed by atoms with Gasteiger partial charge in [-0.25, -0.2) is 14.4 Å². The third-order valence-electron chi connectivity index (χ3n) is 1.98. The van der Waals surface area contributed by atoms with Crippen LogP contribution in [-0.4, -0.2) is 9.97 Å². The fourth-order valence-electron chi connectivity index (χ4n) is 1.41. The molecule has 0 amide bonds. The summed E-state index contributed by atoms with van der Waals surface area (Å²) in [6, 6.07) is 4.91. The lowest BCUT2D eigenvalue weighted by atomic mass is 10.2. The lowest BCUT2D eigenvalue weighted by Gasteiger charge is -2.02. The molecule has 2 rings (SSSR count). The van der Waals surface area contributed by atoms with Crippen LogP contribution in [0.1, 0.15) is 11.5 Å². The van der Waals surface area contributed by atoms with Crippen LogP contribution in [0.25, 0.3) is 10.9 Å². The van der Waals surface area contributed by atoms with Crippen molar-refractivity contribution in [2.75, 3.05) is 0 Å². The SMILES string of the molecule is Cc1nc(C)c2cccc(F)c2n1. The van der Waals surface area contributed by atoms with Gasteiger partial charge in [-0.05, 0) is 19.9 Å². The highest BCUT2D eigenvalue weighted by Crippen LogP contribution is 2.17. The molecule has 3 heteroatoms. The van der Waals surface area contributed by atoms with E-state index < -0.39 is 0 Å². The molecule has 0 atom stereocenters. The normalized spacial score (nSPS) is 10.7. The topological polar surface area (TPSA) is 25.8 Å². The van der Waals surface area contributed by atoms with E-state index in [0.29, 0.717) is 11.3 Å². The van der Waals surface area contributed by atoms with Crippen molar-refractivity contribution in [1.29, 1.82) is 0 Å². The summed E-state index contributed by atoms with van der Waals surface area (Å²) in [5.74, 6) is 0.321. The van der Waals surface area contributed by atoms with Crippen LogP contribution in [-0.2, 0) is 0 Å². The van der Waals surface area contributed by atoms with Crippen LogP contribution in [0.4, 0.5) is 4.39 Å². The maximum atomic E-state index is 13.3. The van der Waals surface area contributed by atoms with Crippen molar-refractivity contribution in [3.63, 3.8) is 0 Å². The molecule has 0 aliphatic rings. The Kier molecular flexibility index (Phi) is 1.72. The smallest absolute Gasteiger partial charge is 0.149 e. The van der Waals surface area contributed by atoms with Gasteiger partial charge in [0.05, 0.1) is 0 Å². The zero-order valence-electron chi connectivity index (χ0n) is 7.50. The molecule has 0 fully saturated rings. The van der Waals surface area contributed by atoms with Crippen LogP contribution >= 0.6 is 0 Å². The van der Waals surface area contributed by atoms with Gasteiger partial charge >= 0.3 is 0 Å². The van der Waals surface area contributed by atoms with Gasteiger partial charge in [-0.15, -0.1) is 0 Å². The first-order valence-corrected chi connectivity index (χ1v) is 4.08. The molecule has 2 nitrogen and oxygen atoms in total. The third kappa shape index (κ3) is 1.26. The molecule has 0 spiro atoms. The van der Waals surface area contributed by atoms with Gasteiger partial charge in [0.2, 0.25) is 0 Å². The molecule has 0 aliphatic heterocycles. The van der Waals surface area contributed by atoms with Crippen molar-refractivity contribution in [2.45, 2.75) is 13.8 Å². The highest BCUT2D eigenvalue weighted by molar-refractivity contribution is 5.81. The number of hydrogen-bond acceptors (Lipinski definition) is 2. The number of aromatic nitrogens is 2. The summed E-state index contributed by atoms with van der Waals surface area (Å²) in [4.78, 5) is 8.22. The van der Waals surface area contributed by atoms with E-state index in [-0.39, 0.29) is 5.82 Å². The van der Waals surface area contributed by atoms with E-state index in [4.69, 9.17) is 0 Å². The molecule has 1 aromatic heterocycles. The molecule has 2 aromatic rings. The van der Waals surface area contributed by atoms with Crippen molar-refractivity contribution in [1.82, 2.24) is 9.97 Å². The number of para-hydroxylation sites is 1. The van der Waals surface area contributed by atoms with E-state index in [1.807, 2.05) is 13.0 Å². The van der Waals surface area contributed by atoms with E-state index in [9.17, 15) is 4.39 Å². The Labute approximate surface area is 75.4 Å². The summed E-state index contributed by atoms with van der Waals surface area (Å²) in [5.41, 5.74) is 1.23. The standard InChI is InChI=1S/C10H9FN2/c1-6-8-4-3-5-9(11)10(8)13-7(2)12-6/h3-5H,1-2H3. The van der Waals surface area contributed by atoms with Gasteiger partial charge in [-0.1, -0.05) is 12.1 Å². The van der Waals surface area contributed by atoms with Crippen molar-refractivity contribution in [2.24, 2.45) is 0 Å². The first kappa shape index (κ1) is 8.10. The molecule has 0 saturated carbocycles. The quantitative estimate of drug-likeness (QED) is 0.616. The molecule has 0 N–H and O–H groups in total. The second-order valence-corrected chi connectivity index (χ2v) is 2.99. The zero-order chi connectivity index (χ0) is 9.42. The number of aryl methyl sites for hydroxylation is 2. The summed E-state index contributed by atoms with van der Waals surface area (Å²) in [5, 5.41) is 0.783.